The summed E-state index contributed by atoms with van der Waals surface area (Å²) in [6.45, 7) is -1.06. The Kier molecular flexibility index (Phi) is 8.74. The Hall–Kier alpha value is -3.98. The number of hydrogen-bond acceptors (Lipinski definition) is 10. The number of aliphatic hydroxyl groups excluding tert-OH is 3. The van der Waals surface area contributed by atoms with Crippen molar-refractivity contribution in [3.8, 4) is 17.3 Å². The Labute approximate surface area is 241 Å². The lowest BCUT2D eigenvalue weighted by Crippen LogP contribution is -2.63. The fourth-order valence-corrected chi connectivity index (χ4v) is 5.29. The minimum absolute atomic E-state index is 0.0961. The minimum atomic E-state index is -1.68. The Balaban J connectivity index is 1.55. The number of benzene rings is 2. The van der Waals surface area contributed by atoms with E-state index < -0.39 is 78.4 Å². The quantitative estimate of drug-likeness (QED) is 0.259. The smallest absolute Gasteiger partial charge is 0.259 e. The average molecular weight is 608 g/mol. The van der Waals surface area contributed by atoms with E-state index in [1.54, 1.807) is 6.07 Å². The molecule has 7 atom stereocenters. The van der Waals surface area contributed by atoms with Crippen LogP contribution in [0.3, 0.4) is 0 Å². The van der Waals surface area contributed by atoms with Crippen molar-refractivity contribution in [3.63, 3.8) is 0 Å². The number of aromatic nitrogens is 3. The number of amides is 1. The molecule has 5 rings (SSSR count). The molecular formula is C27H25F4N5O7. The van der Waals surface area contributed by atoms with Crippen LogP contribution in [0.2, 0.25) is 0 Å². The number of carbonyl (C=O) groups is 1. The molecule has 12 nitrogen and oxygen atoms in total. The van der Waals surface area contributed by atoms with Gasteiger partial charge in [0.05, 0.1) is 43.7 Å². The fraction of sp³-hybridized carbons (Fsp3) is 0.407. The molecule has 1 amide bonds. The van der Waals surface area contributed by atoms with Crippen molar-refractivity contribution in [2.45, 2.75) is 42.6 Å². The molecule has 0 radical (unpaired) electrons. The van der Waals surface area contributed by atoms with Crippen LogP contribution in [0, 0.1) is 34.6 Å². The molecule has 0 saturated carbocycles. The molecule has 43 heavy (non-hydrogen) atoms. The third-order valence-corrected chi connectivity index (χ3v) is 7.36. The molecule has 3 heterocycles. The van der Waals surface area contributed by atoms with E-state index in [0.29, 0.717) is 12.1 Å². The van der Waals surface area contributed by atoms with Gasteiger partial charge in [0, 0.05) is 18.4 Å². The molecule has 0 bridgehead atoms. The zero-order valence-electron chi connectivity index (χ0n) is 22.3. The monoisotopic (exact) mass is 607 g/mol. The van der Waals surface area contributed by atoms with Crippen molar-refractivity contribution in [1.82, 2.24) is 15.0 Å². The van der Waals surface area contributed by atoms with Crippen LogP contribution in [0.1, 0.15) is 11.6 Å². The lowest BCUT2D eigenvalue weighted by atomic mass is 9.91. The molecule has 0 aliphatic carbocycles. The minimum Gasteiger partial charge on any atom is -0.394 e. The van der Waals surface area contributed by atoms with Gasteiger partial charge in [-0.3, -0.25) is 4.79 Å². The van der Waals surface area contributed by atoms with Crippen molar-refractivity contribution in [2.24, 2.45) is 0 Å². The summed E-state index contributed by atoms with van der Waals surface area (Å²) in [6.07, 6.45) is -5.98. The van der Waals surface area contributed by atoms with Gasteiger partial charge in [0.25, 0.3) is 5.91 Å². The van der Waals surface area contributed by atoms with Crippen molar-refractivity contribution in [2.75, 3.05) is 31.8 Å². The summed E-state index contributed by atoms with van der Waals surface area (Å²) in [7, 11) is 1.20. The van der Waals surface area contributed by atoms with Crippen LogP contribution in [0.4, 0.5) is 23.2 Å². The highest BCUT2D eigenvalue weighted by Gasteiger charge is 2.52. The standard InChI is InChI=1S/C27H25F4N5O7/c1-41-25-23(35-8-18(33-34-35)13-4-16(29)22(31)17(30)5-13)24(39)21(9-37)43-26(25)27(40)36(19-10-42-11-20(19)38)15-3-12(7-32)2-14(28)6-15/h2-6,8,19-21,23-26,37-39H,9-11H2,1H3/t19-,20-,21?,23?,24?,25?,26?/m0/s1. The molecule has 1 aromatic heterocycles. The molecular weight excluding hydrogens is 582 g/mol. The number of halogens is 4. The summed E-state index contributed by atoms with van der Waals surface area (Å²) in [5.74, 6) is -6.34. The Bertz CT molecular complexity index is 1530. The van der Waals surface area contributed by atoms with E-state index in [2.05, 4.69) is 10.3 Å². The van der Waals surface area contributed by atoms with Crippen LogP contribution in [-0.4, -0.2) is 99.7 Å². The number of methoxy groups -OCH3 is 1. The molecule has 3 N–H and O–H groups in total. The predicted molar refractivity (Wildman–Crippen MR) is 136 cm³/mol. The topological polar surface area (TPSA) is 163 Å². The molecule has 5 unspecified atom stereocenters. The van der Waals surface area contributed by atoms with Crippen molar-refractivity contribution in [1.29, 1.82) is 5.26 Å². The number of ether oxygens (including phenoxy) is 3. The average Bonchev–Trinajstić information content (AvgIpc) is 3.64. The second-order valence-electron chi connectivity index (χ2n) is 9.99. The van der Waals surface area contributed by atoms with E-state index in [1.807, 2.05) is 0 Å². The number of nitrogens with zero attached hydrogens (tertiary/aromatic N) is 5. The summed E-state index contributed by atoms with van der Waals surface area (Å²) < 4.78 is 73.4. The first-order valence-corrected chi connectivity index (χ1v) is 12.9. The summed E-state index contributed by atoms with van der Waals surface area (Å²) >= 11 is 0. The van der Waals surface area contributed by atoms with Gasteiger partial charge in [-0.05, 0) is 30.3 Å². The highest BCUT2D eigenvalue weighted by atomic mass is 19.2. The molecule has 228 valence electrons. The van der Waals surface area contributed by atoms with E-state index in [9.17, 15) is 42.9 Å². The molecule has 2 aromatic carbocycles. The first kappa shape index (κ1) is 30.5. The van der Waals surface area contributed by atoms with Gasteiger partial charge in [-0.2, -0.15) is 5.26 Å². The lowest BCUT2D eigenvalue weighted by Gasteiger charge is -2.45. The van der Waals surface area contributed by atoms with Crippen LogP contribution >= 0.6 is 0 Å². The molecule has 2 fully saturated rings. The van der Waals surface area contributed by atoms with E-state index in [4.69, 9.17) is 14.2 Å². The Morgan fingerprint density at radius 1 is 1.16 bits per heavy atom. The van der Waals surface area contributed by atoms with Gasteiger partial charge in [-0.1, -0.05) is 5.21 Å². The number of nitriles is 1. The van der Waals surface area contributed by atoms with Crippen molar-refractivity contribution < 1.29 is 51.9 Å². The molecule has 0 spiro atoms. The number of rotatable bonds is 7. The summed E-state index contributed by atoms with van der Waals surface area (Å²) in [5.41, 5.74) is -0.503. The first-order chi connectivity index (χ1) is 20.6. The largest absolute Gasteiger partial charge is 0.394 e. The maximum Gasteiger partial charge on any atom is 0.259 e. The number of anilines is 1. The molecule has 16 heteroatoms. The van der Waals surface area contributed by atoms with E-state index in [1.165, 1.54) is 19.4 Å². The van der Waals surface area contributed by atoms with Crippen LogP contribution in [0.15, 0.2) is 36.5 Å². The number of carbonyl (C=O) groups excluding carboxylic acids is 1. The van der Waals surface area contributed by atoms with Crippen molar-refractivity contribution in [3.05, 3.63) is 65.4 Å². The molecule has 3 aromatic rings. The van der Waals surface area contributed by atoms with Gasteiger partial charge in [-0.15, -0.1) is 5.10 Å². The zero-order valence-corrected chi connectivity index (χ0v) is 22.3. The normalized spacial score (nSPS) is 27.2. The van der Waals surface area contributed by atoms with Crippen LogP contribution in [-0.2, 0) is 19.0 Å². The molecule has 2 aliphatic rings. The summed E-state index contributed by atoms with van der Waals surface area (Å²) in [6, 6.07) is 4.03. The van der Waals surface area contributed by atoms with E-state index in [-0.39, 0.29) is 35.7 Å². The van der Waals surface area contributed by atoms with Gasteiger partial charge in [0.1, 0.15) is 42.0 Å². The Morgan fingerprint density at radius 3 is 2.49 bits per heavy atom. The van der Waals surface area contributed by atoms with Gasteiger partial charge >= 0.3 is 0 Å². The van der Waals surface area contributed by atoms with Gasteiger partial charge in [0.15, 0.2) is 23.6 Å². The second kappa shape index (κ2) is 12.3. The summed E-state index contributed by atoms with van der Waals surface area (Å²) in [5, 5.41) is 48.8. The maximum absolute atomic E-state index is 14.5. The number of aliphatic hydroxyl groups is 3. The Morgan fingerprint density at radius 2 is 1.88 bits per heavy atom. The third-order valence-electron chi connectivity index (χ3n) is 7.36. The second-order valence-corrected chi connectivity index (χ2v) is 9.99. The van der Waals surface area contributed by atoms with Gasteiger partial charge < -0.3 is 34.4 Å². The highest BCUT2D eigenvalue weighted by Crippen LogP contribution is 2.36. The molecule has 2 saturated heterocycles. The van der Waals surface area contributed by atoms with Gasteiger partial charge in [0.2, 0.25) is 0 Å². The third kappa shape index (κ3) is 5.70. The first-order valence-electron chi connectivity index (χ1n) is 12.9. The van der Waals surface area contributed by atoms with Gasteiger partial charge in [-0.25, -0.2) is 22.2 Å². The van der Waals surface area contributed by atoms with E-state index in [0.717, 1.165) is 21.7 Å². The summed E-state index contributed by atoms with van der Waals surface area (Å²) in [4.78, 5) is 15.2. The van der Waals surface area contributed by atoms with Crippen LogP contribution in [0.25, 0.3) is 11.3 Å². The fourth-order valence-electron chi connectivity index (χ4n) is 5.29. The highest BCUT2D eigenvalue weighted by molar-refractivity contribution is 5.98. The number of hydrogen-bond donors (Lipinski definition) is 3. The lowest BCUT2D eigenvalue weighted by molar-refractivity contribution is -0.211. The van der Waals surface area contributed by atoms with Crippen LogP contribution in [0.5, 0.6) is 0 Å². The predicted octanol–water partition coefficient (Wildman–Crippen LogP) is 0.843. The maximum atomic E-state index is 14.5. The van der Waals surface area contributed by atoms with Crippen molar-refractivity contribution >= 4 is 11.6 Å². The SMILES string of the molecule is COC1C(C(=O)N(c2cc(F)cc(C#N)c2)[C@H]2COC[C@@H]2O)OC(CO)C(O)C1n1cc(-c2cc(F)c(F)c(F)c2)nn1. The van der Waals surface area contributed by atoms with E-state index >= 15 is 0 Å². The molecule has 2 aliphatic heterocycles. The van der Waals surface area contributed by atoms with Crippen LogP contribution < -0.4 is 4.90 Å². The zero-order chi connectivity index (χ0) is 31.0.